The first-order valence-electron chi connectivity index (χ1n) is 20.7. The summed E-state index contributed by atoms with van der Waals surface area (Å²) in [5.74, 6) is -10.4. The lowest BCUT2D eigenvalue weighted by Gasteiger charge is -2.32. The summed E-state index contributed by atoms with van der Waals surface area (Å²) >= 11 is 6.54. The lowest BCUT2D eigenvalue weighted by Crippen LogP contribution is -2.41. The number of nitrogens with zero attached hydrogens (tertiary/aromatic N) is 6. The minimum absolute atomic E-state index is 0.0725. The molecule has 1 aliphatic heterocycles. The fourth-order valence-corrected chi connectivity index (χ4v) is 9.65. The number of amides is 1. The second kappa shape index (κ2) is 16.0. The molecular formula is C42H37BClF9N8O6S. The van der Waals surface area contributed by atoms with E-state index in [0.29, 0.717) is 27.1 Å². The molecule has 1 saturated carbocycles. The van der Waals surface area contributed by atoms with Crippen molar-refractivity contribution in [3.05, 3.63) is 104 Å². The van der Waals surface area contributed by atoms with Crippen molar-refractivity contribution in [2.75, 3.05) is 11.0 Å². The molecule has 0 bridgehead atoms. The average Bonchev–Trinajstić information content (AvgIpc) is 3.63. The Morgan fingerprint density at radius 2 is 1.65 bits per heavy atom. The molecule has 6 aromatic rings. The minimum Gasteiger partial charge on any atom is -0.399 e. The zero-order valence-electron chi connectivity index (χ0n) is 36.2. The summed E-state index contributed by atoms with van der Waals surface area (Å²) in [6.07, 6.45) is -8.34. The van der Waals surface area contributed by atoms with E-state index in [9.17, 15) is 43.9 Å². The van der Waals surface area contributed by atoms with Gasteiger partial charge in [0.15, 0.2) is 5.82 Å². The Labute approximate surface area is 384 Å². The van der Waals surface area contributed by atoms with E-state index in [4.69, 9.17) is 25.9 Å². The van der Waals surface area contributed by atoms with Crippen LogP contribution in [0, 0.1) is 17.6 Å². The molecule has 9 rings (SSSR count). The van der Waals surface area contributed by atoms with E-state index in [2.05, 4.69) is 15.5 Å². The Morgan fingerprint density at radius 1 is 0.985 bits per heavy atom. The summed E-state index contributed by atoms with van der Waals surface area (Å²) in [5.41, 5.74) is -5.93. The molecule has 14 nitrogen and oxygen atoms in total. The SMILES string of the molecule is CC1(C)OB(c2ccc3c(=O)n(-c4ccc(Cl)c5c(NS(C)(=O)=O)nn(CC(F)(F)F)c45)c(C(Cc4cc(F)cc(F)c4)NC(=O)Cn4nc(C(F)F)c5c4C(F)(F)[C@@H]4C[C@H]54)nc3c2)OC1(C)C. The van der Waals surface area contributed by atoms with Gasteiger partial charge in [0.2, 0.25) is 15.9 Å². The number of benzene rings is 3. The van der Waals surface area contributed by atoms with Crippen molar-refractivity contribution in [2.24, 2.45) is 5.92 Å². The molecule has 1 saturated heterocycles. The van der Waals surface area contributed by atoms with Crippen molar-refractivity contribution in [1.29, 1.82) is 0 Å². The minimum atomic E-state index is -5.02. The van der Waals surface area contributed by atoms with Gasteiger partial charge in [-0.2, -0.15) is 32.1 Å². The van der Waals surface area contributed by atoms with Crippen molar-refractivity contribution in [1.82, 2.24) is 34.4 Å². The number of hydrogen-bond donors (Lipinski definition) is 2. The number of fused-ring (bicyclic) bond motifs is 5. The molecule has 68 heavy (non-hydrogen) atoms. The van der Waals surface area contributed by atoms with Gasteiger partial charge in [-0.15, -0.1) is 0 Å². The van der Waals surface area contributed by atoms with Crippen LogP contribution in [0.1, 0.15) is 80.8 Å². The Bertz CT molecular complexity index is 3240. The number of hydrogen-bond acceptors (Lipinski definition) is 9. The van der Waals surface area contributed by atoms with Gasteiger partial charge in [-0.25, -0.2) is 31.0 Å². The lowest BCUT2D eigenvalue weighted by molar-refractivity contribution is -0.141. The van der Waals surface area contributed by atoms with Crippen LogP contribution in [-0.4, -0.2) is 74.2 Å². The highest BCUT2D eigenvalue weighted by molar-refractivity contribution is 7.92. The van der Waals surface area contributed by atoms with Crippen LogP contribution in [0.3, 0.4) is 0 Å². The van der Waals surface area contributed by atoms with Gasteiger partial charge in [0.25, 0.3) is 17.9 Å². The first-order chi connectivity index (χ1) is 31.5. The van der Waals surface area contributed by atoms with E-state index in [1.165, 1.54) is 18.2 Å². The summed E-state index contributed by atoms with van der Waals surface area (Å²) in [7, 11) is -5.28. The number of carbonyl (C=O) groups is 1. The molecule has 2 aliphatic carbocycles. The van der Waals surface area contributed by atoms with Gasteiger partial charge in [0, 0.05) is 24.0 Å². The van der Waals surface area contributed by atoms with Gasteiger partial charge < -0.3 is 14.6 Å². The number of anilines is 1. The Kier molecular flexibility index (Phi) is 11.1. The van der Waals surface area contributed by atoms with Crippen LogP contribution in [-0.2, 0) is 49.6 Å². The van der Waals surface area contributed by atoms with E-state index in [-0.39, 0.29) is 33.5 Å². The number of sulfonamides is 1. The first-order valence-corrected chi connectivity index (χ1v) is 23.0. The third-order valence-electron chi connectivity index (χ3n) is 12.6. The quantitative estimate of drug-likeness (QED) is 0.0944. The van der Waals surface area contributed by atoms with Crippen molar-refractivity contribution < 1.29 is 62.0 Å². The monoisotopic (exact) mass is 998 g/mol. The highest BCUT2D eigenvalue weighted by Gasteiger charge is 2.67. The Hall–Kier alpha value is -5.66. The molecule has 1 amide bonds. The molecule has 2 N–H and O–H groups in total. The largest absolute Gasteiger partial charge is 0.494 e. The molecule has 2 fully saturated rings. The molecule has 3 aliphatic rings. The van der Waals surface area contributed by atoms with Crippen molar-refractivity contribution in [3.8, 4) is 5.69 Å². The highest BCUT2D eigenvalue weighted by atomic mass is 35.5. The zero-order valence-corrected chi connectivity index (χ0v) is 37.7. The van der Waals surface area contributed by atoms with E-state index in [1.807, 2.05) is 4.72 Å². The number of halogens is 10. The van der Waals surface area contributed by atoms with Crippen molar-refractivity contribution >= 4 is 67.7 Å². The third kappa shape index (κ3) is 8.37. The van der Waals surface area contributed by atoms with Gasteiger partial charge in [-0.05, 0) is 87.5 Å². The summed E-state index contributed by atoms with van der Waals surface area (Å²) in [6, 6.07) is 6.91. The van der Waals surface area contributed by atoms with Crippen molar-refractivity contribution in [3.63, 3.8) is 0 Å². The molecule has 0 spiro atoms. The predicted molar refractivity (Wildman–Crippen MR) is 229 cm³/mol. The zero-order chi connectivity index (χ0) is 49.4. The van der Waals surface area contributed by atoms with Crippen molar-refractivity contribution in [2.45, 2.75) is 95.3 Å². The predicted octanol–water partition coefficient (Wildman–Crippen LogP) is 7.34. The highest BCUT2D eigenvalue weighted by Crippen LogP contribution is 2.68. The topological polar surface area (TPSA) is 164 Å². The maximum Gasteiger partial charge on any atom is 0.494 e. The van der Waals surface area contributed by atoms with Crippen LogP contribution >= 0.6 is 11.6 Å². The molecule has 3 atom stereocenters. The lowest BCUT2D eigenvalue weighted by atomic mass is 9.79. The smallest absolute Gasteiger partial charge is 0.399 e. The van der Waals surface area contributed by atoms with Gasteiger partial charge in [-0.1, -0.05) is 17.7 Å². The number of carbonyl (C=O) groups excluding carboxylic acids is 1. The van der Waals surface area contributed by atoms with E-state index < -0.39 is 147 Å². The number of rotatable bonds is 12. The summed E-state index contributed by atoms with van der Waals surface area (Å²) < 4.78 is 173. The number of alkyl halides is 7. The second-order valence-corrected chi connectivity index (χ2v) is 20.2. The second-order valence-electron chi connectivity index (χ2n) is 18.0. The average molecular weight is 999 g/mol. The maximum atomic E-state index is 15.6. The fraction of sp³-hybridized carbons (Fsp3) is 0.405. The van der Waals surface area contributed by atoms with Crippen LogP contribution in [0.2, 0.25) is 5.02 Å². The summed E-state index contributed by atoms with van der Waals surface area (Å²) in [6.45, 7) is 4.16. The third-order valence-corrected chi connectivity index (χ3v) is 13.5. The number of nitrogens with one attached hydrogen (secondary N) is 2. The fourth-order valence-electron chi connectivity index (χ4n) is 8.91. The van der Waals surface area contributed by atoms with E-state index in [1.54, 1.807) is 27.7 Å². The molecule has 0 radical (unpaired) electrons. The van der Waals surface area contributed by atoms with Crippen LogP contribution in [0.4, 0.5) is 45.3 Å². The van der Waals surface area contributed by atoms with Crippen LogP contribution < -0.4 is 21.1 Å². The van der Waals surface area contributed by atoms with Gasteiger partial charge in [0.1, 0.15) is 41.9 Å². The van der Waals surface area contributed by atoms with Gasteiger partial charge in [0.05, 0.1) is 56.0 Å². The molecule has 3 aromatic carbocycles. The maximum absolute atomic E-state index is 15.6. The summed E-state index contributed by atoms with van der Waals surface area (Å²) in [4.78, 5) is 34.1. The molecular weight excluding hydrogens is 962 g/mol. The normalized spacial score (nSPS) is 19.7. The van der Waals surface area contributed by atoms with E-state index in [0.717, 1.165) is 28.8 Å². The van der Waals surface area contributed by atoms with Crippen LogP contribution in [0.5, 0.6) is 0 Å². The summed E-state index contributed by atoms with van der Waals surface area (Å²) in [5, 5.41) is 9.16. The molecule has 1 unspecified atom stereocenters. The Balaban J connectivity index is 1.28. The molecule has 360 valence electrons. The molecule has 3 aromatic heterocycles. The molecule has 4 heterocycles. The standard InChI is InChI=1S/C42H37BClF9N8O6S/c1-39(2)40(3,4)67-43(66-39)19-6-7-22-26(13-19)55-37(61(38(22)63)28-9-8-25(44)31-33(28)60(17-41(49,50)51)57-36(31)58-68(5,64)65)27(12-18-10-20(45)14-21(46)11-18)54-29(62)16-59-34-30(32(56-59)35(47)48)23-15-24(23)42(34,52)53/h6-11,13-14,23-24,27,35H,12,15-17H2,1-5H3,(H,54,62)(H,57,58)/t23-,24+,27?/m0/s1. The molecule has 26 heteroatoms. The van der Waals surface area contributed by atoms with Gasteiger partial charge >= 0.3 is 13.3 Å². The van der Waals surface area contributed by atoms with E-state index >= 15 is 13.6 Å². The number of aromatic nitrogens is 6. The van der Waals surface area contributed by atoms with Crippen LogP contribution in [0.15, 0.2) is 53.3 Å². The van der Waals surface area contributed by atoms with Gasteiger partial charge in [-0.3, -0.25) is 28.2 Å². The van der Waals surface area contributed by atoms with Crippen LogP contribution in [0.25, 0.3) is 27.5 Å². The Morgan fingerprint density at radius 3 is 2.26 bits per heavy atom. The first kappa shape index (κ1) is 47.4.